The number of urea groups is 1. The summed E-state index contributed by atoms with van der Waals surface area (Å²) in [6.45, 7) is 2.07. The van der Waals surface area contributed by atoms with Crippen molar-refractivity contribution in [3.05, 3.63) is 12.4 Å². The van der Waals surface area contributed by atoms with Crippen molar-refractivity contribution in [3.8, 4) is 0 Å². The van der Waals surface area contributed by atoms with E-state index in [0.29, 0.717) is 13.1 Å². The maximum absolute atomic E-state index is 12.2. The lowest BCUT2D eigenvalue weighted by molar-refractivity contribution is 0.132. The fourth-order valence-corrected chi connectivity index (χ4v) is 3.05. The molecular formula is C14H20N4O2. The van der Waals surface area contributed by atoms with Gasteiger partial charge in [-0.3, -0.25) is 4.68 Å². The molecule has 0 radical (unpaired) electrons. The van der Waals surface area contributed by atoms with Crippen molar-refractivity contribution in [2.24, 2.45) is 11.3 Å². The molecule has 0 bridgehead atoms. The fourth-order valence-electron chi connectivity index (χ4n) is 3.05. The molecule has 1 spiro atoms. The Morgan fingerprint density at radius 3 is 2.95 bits per heavy atom. The van der Waals surface area contributed by atoms with Crippen LogP contribution in [0.25, 0.3) is 0 Å². The van der Waals surface area contributed by atoms with Crippen molar-refractivity contribution < 1.29 is 9.90 Å². The van der Waals surface area contributed by atoms with Crippen molar-refractivity contribution in [1.29, 1.82) is 0 Å². The van der Waals surface area contributed by atoms with Gasteiger partial charge in [-0.05, 0) is 31.6 Å². The quantitative estimate of drug-likeness (QED) is 0.873. The number of β-amino-alcohol motifs (C(OH)–C–C–N with tert-alkyl or cyclic N) is 1. The number of hydrogen-bond donors (Lipinski definition) is 2. The molecule has 2 saturated carbocycles. The third-order valence-corrected chi connectivity index (χ3v) is 4.81. The van der Waals surface area contributed by atoms with Crippen LogP contribution in [0.4, 0.5) is 10.5 Å². The molecule has 2 aliphatic carbocycles. The van der Waals surface area contributed by atoms with Gasteiger partial charge in [0, 0.05) is 31.2 Å². The van der Waals surface area contributed by atoms with Gasteiger partial charge in [0.15, 0.2) is 0 Å². The number of nitrogens with zero attached hydrogens (tertiary/aromatic N) is 3. The Labute approximate surface area is 117 Å². The molecule has 3 fully saturated rings. The molecule has 6 nitrogen and oxygen atoms in total. The van der Waals surface area contributed by atoms with Gasteiger partial charge in [-0.15, -0.1) is 0 Å². The average molecular weight is 276 g/mol. The van der Waals surface area contributed by atoms with Gasteiger partial charge >= 0.3 is 6.03 Å². The second-order valence-corrected chi connectivity index (χ2v) is 6.58. The number of aromatic nitrogens is 2. The van der Waals surface area contributed by atoms with Crippen LogP contribution in [0.15, 0.2) is 12.4 Å². The van der Waals surface area contributed by atoms with E-state index >= 15 is 0 Å². The van der Waals surface area contributed by atoms with E-state index in [1.54, 1.807) is 11.1 Å². The highest BCUT2D eigenvalue weighted by molar-refractivity contribution is 5.89. The second kappa shape index (κ2) is 4.22. The number of amides is 2. The van der Waals surface area contributed by atoms with Gasteiger partial charge in [0.25, 0.3) is 0 Å². The summed E-state index contributed by atoms with van der Waals surface area (Å²) in [7, 11) is 0. The van der Waals surface area contributed by atoms with Gasteiger partial charge in [0.2, 0.25) is 0 Å². The highest BCUT2D eigenvalue weighted by Gasteiger charge is 2.55. The number of carbonyl (C=O) groups is 1. The largest absolute Gasteiger partial charge is 0.391 e. The summed E-state index contributed by atoms with van der Waals surface area (Å²) in [6.07, 6.45) is 7.87. The first-order valence-electron chi connectivity index (χ1n) is 7.41. The van der Waals surface area contributed by atoms with E-state index in [0.717, 1.165) is 31.0 Å². The van der Waals surface area contributed by atoms with Crippen molar-refractivity contribution in [2.75, 3.05) is 18.4 Å². The first-order valence-corrected chi connectivity index (χ1v) is 7.41. The zero-order valence-electron chi connectivity index (χ0n) is 11.5. The van der Waals surface area contributed by atoms with E-state index < -0.39 is 0 Å². The van der Waals surface area contributed by atoms with E-state index in [4.69, 9.17) is 0 Å². The van der Waals surface area contributed by atoms with Crippen molar-refractivity contribution in [3.63, 3.8) is 0 Å². The molecule has 1 atom stereocenters. The van der Waals surface area contributed by atoms with Crippen LogP contribution in [-0.2, 0) is 6.54 Å². The van der Waals surface area contributed by atoms with E-state index in [1.807, 2.05) is 10.9 Å². The van der Waals surface area contributed by atoms with Gasteiger partial charge in [-0.25, -0.2) is 4.79 Å². The molecule has 1 aromatic rings. The van der Waals surface area contributed by atoms with Gasteiger partial charge in [-0.1, -0.05) is 0 Å². The third kappa shape index (κ3) is 2.18. The smallest absolute Gasteiger partial charge is 0.322 e. The number of nitrogens with one attached hydrogen (secondary N) is 1. The van der Waals surface area contributed by atoms with Crippen molar-refractivity contribution in [2.45, 2.75) is 38.3 Å². The molecule has 1 saturated heterocycles. The van der Waals surface area contributed by atoms with Crippen LogP contribution in [0, 0.1) is 11.3 Å². The maximum Gasteiger partial charge on any atom is 0.322 e. The standard InChI is InChI=1S/C14H20N4O2/c19-12-8-17(9-14(12)3-4-14)13(20)16-11-5-15-18(7-11)6-10-1-2-10/h5,7,10,12,19H,1-4,6,8-9H2,(H,16,20). The van der Waals surface area contributed by atoms with Crippen LogP contribution in [-0.4, -0.2) is 45.0 Å². The van der Waals surface area contributed by atoms with Gasteiger partial charge in [-0.2, -0.15) is 5.10 Å². The first-order chi connectivity index (χ1) is 9.64. The monoisotopic (exact) mass is 276 g/mol. The molecule has 6 heteroatoms. The van der Waals surface area contributed by atoms with E-state index in [-0.39, 0.29) is 17.6 Å². The lowest BCUT2D eigenvalue weighted by Gasteiger charge is -2.15. The molecular weight excluding hydrogens is 256 g/mol. The van der Waals surface area contributed by atoms with Crippen molar-refractivity contribution >= 4 is 11.7 Å². The Hall–Kier alpha value is -1.56. The number of aliphatic hydroxyl groups excluding tert-OH is 1. The minimum Gasteiger partial charge on any atom is -0.391 e. The van der Waals surface area contributed by atoms with Crippen LogP contribution in [0.1, 0.15) is 25.7 Å². The van der Waals surface area contributed by atoms with E-state index in [9.17, 15) is 9.90 Å². The molecule has 1 aromatic heterocycles. The molecule has 1 aliphatic heterocycles. The topological polar surface area (TPSA) is 70.4 Å². The number of aliphatic hydroxyl groups is 1. The Morgan fingerprint density at radius 1 is 1.50 bits per heavy atom. The minimum absolute atomic E-state index is 0.00744. The Balaban J connectivity index is 1.36. The Bertz CT molecular complexity index is 533. The number of rotatable bonds is 3. The summed E-state index contributed by atoms with van der Waals surface area (Å²) >= 11 is 0. The maximum atomic E-state index is 12.2. The zero-order chi connectivity index (χ0) is 13.7. The van der Waals surface area contributed by atoms with E-state index in [2.05, 4.69) is 10.4 Å². The summed E-state index contributed by atoms with van der Waals surface area (Å²) in [4.78, 5) is 13.9. The number of likely N-dealkylation sites (tertiary alicyclic amines) is 1. The van der Waals surface area contributed by atoms with E-state index in [1.165, 1.54) is 12.8 Å². The van der Waals surface area contributed by atoms with Crippen LogP contribution >= 0.6 is 0 Å². The molecule has 1 unspecified atom stereocenters. The van der Waals surface area contributed by atoms with Gasteiger partial charge < -0.3 is 15.3 Å². The lowest BCUT2D eigenvalue weighted by Crippen LogP contribution is -2.33. The highest BCUT2D eigenvalue weighted by Crippen LogP contribution is 2.52. The minimum atomic E-state index is -0.356. The Kier molecular flexibility index (Phi) is 2.57. The van der Waals surface area contributed by atoms with Crippen LogP contribution in [0.3, 0.4) is 0 Å². The van der Waals surface area contributed by atoms with Gasteiger partial charge in [0.05, 0.1) is 18.0 Å². The lowest BCUT2D eigenvalue weighted by atomic mass is 10.0. The summed E-state index contributed by atoms with van der Waals surface area (Å²) in [5.41, 5.74) is 0.745. The first kappa shape index (κ1) is 12.2. The third-order valence-electron chi connectivity index (χ3n) is 4.81. The Morgan fingerprint density at radius 2 is 2.30 bits per heavy atom. The van der Waals surface area contributed by atoms with Crippen LogP contribution in [0.5, 0.6) is 0 Å². The molecule has 4 rings (SSSR count). The second-order valence-electron chi connectivity index (χ2n) is 6.58. The molecule has 20 heavy (non-hydrogen) atoms. The highest BCUT2D eigenvalue weighted by atomic mass is 16.3. The molecule has 2 N–H and O–H groups in total. The molecule has 0 aromatic carbocycles. The SMILES string of the molecule is O=C(Nc1cnn(CC2CC2)c1)N1CC(O)C2(CC2)C1. The summed E-state index contributed by atoms with van der Waals surface area (Å²) in [5.74, 6) is 0.766. The summed E-state index contributed by atoms with van der Waals surface area (Å²) < 4.78 is 1.90. The fraction of sp³-hybridized carbons (Fsp3) is 0.714. The molecule has 108 valence electrons. The summed E-state index contributed by atoms with van der Waals surface area (Å²) in [6, 6.07) is -0.126. The number of anilines is 1. The van der Waals surface area contributed by atoms with Crippen LogP contribution < -0.4 is 5.32 Å². The predicted molar refractivity (Wildman–Crippen MR) is 73.2 cm³/mol. The van der Waals surface area contributed by atoms with Crippen molar-refractivity contribution in [1.82, 2.24) is 14.7 Å². The zero-order valence-corrected chi connectivity index (χ0v) is 11.5. The normalized spacial score (nSPS) is 27.1. The predicted octanol–water partition coefficient (Wildman–Crippen LogP) is 1.28. The number of carbonyl (C=O) groups excluding carboxylic acids is 1. The molecule has 2 heterocycles. The number of hydrogen-bond acceptors (Lipinski definition) is 3. The summed E-state index contributed by atoms with van der Waals surface area (Å²) in [5, 5.41) is 17.1. The van der Waals surface area contributed by atoms with Gasteiger partial charge in [0.1, 0.15) is 0 Å². The van der Waals surface area contributed by atoms with Crippen LogP contribution in [0.2, 0.25) is 0 Å². The molecule has 2 amide bonds. The molecule has 3 aliphatic rings. The average Bonchev–Trinajstić information content (AvgIpc) is 3.29.